The molecule has 0 spiro atoms. The molecule has 2 aliphatic heterocycles. The third kappa shape index (κ3) is 4.40. The van der Waals surface area contributed by atoms with Gasteiger partial charge in [-0.2, -0.15) is 18.5 Å². The van der Waals surface area contributed by atoms with Crippen LogP contribution in [0.1, 0.15) is 18.2 Å². The second-order valence-corrected chi connectivity index (χ2v) is 8.42. The van der Waals surface area contributed by atoms with Gasteiger partial charge >= 0.3 is 11.8 Å². The van der Waals surface area contributed by atoms with Crippen LogP contribution in [0.3, 0.4) is 0 Å². The van der Waals surface area contributed by atoms with Gasteiger partial charge in [-0.3, -0.25) is 9.47 Å². The Balaban J connectivity index is 0.00000274. The van der Waals surface area contributed by atoms with Crippen molar-refractivity contribution in [1.29, 1.82) is 0 Å². The van der Waals surface area contributed by atoms with Gasteiger partial charge in [-0.1, -0.05) is 0 Å². The van der Waals surface area contributed by atoms with Crippen LogP contribution in [-0.2, 0) is 19.5 Å². The van der Waals surface area contributed by atoms with E-state index in [1.807, 2.05) is 6.92 Å². The number of benzene rings is 1. The Bertz CT molecular complexity index is 1210. The van der Waals surface area contributed by atoms with Crippen molar-refractivity contribution in [3.05, 3.63) is 57.4 Å². The van der Waals surface area contributed by atoms with Crippen LogP contribution in [0.15, 0.2) is 24.4 Å². The van der Waals surface area contributed by atoms with Crippen LogP contribution < -0.4 is 9.47 Å². The monoisotopic (exact) mass is 492 g/mol. The number of nitrogens with zero attached hydrogens (tertiary/aromatic N) is 6. The van der Waals surface area contributed by atoms with Crippen LogP contribution in [0.4, 0.5) is 14.6 Å². The van der Waals surface area contributed by atoms with Crippen LogP contribution in [0.25, 0.3) is 11.4 Å². The minimum atomic E-state index is -0.702. The summed E-state index contributed by atoms with van der Waals surface area (Å²) >= 11 is 0. The van der Waals surface area contributed by atoms with Gasteiger partial charge in [-0.15, -0.1) is 0 Å². The Kier molecular flexibility index (Phi) is 6.16. The zero-order valence-corrected chi connectivity index (χ0v) is 19.4. The summed E-state index contributed by atoms with van der Waals surface area (Å²) in [6, 6.07) is 3.40. The fourth-order valence-corrected chi connectivity index (χ4v) is 4.39. The molecule has 0 unspecified atom stereocenters. The highest BCUT2D eigenvalue weighted by molar-refractivity contribution is 7.59. The highest BCUT2D eigenvalue weighted by atomic mass is 32.1. The summed E-state index contributed by atoms with van der Waals surface area (Å²) in [7, 11) is 1.49. The first-order valence-corrected chi connectivity index (χ1v) is 10.3. The Morgan fingerprint density at radius 1 is 1.24 bits per heavy atom. The summed E-state index contributed by atoms with van der Waals surface area (Å²) in [4.78, 5) is 25.4. The van der Waals surface area contributed by atoms with Crippen molar-refractivity contribution in [3.63, 3.8) is 0 Å². The lowest BCUT2D eigenvalue weighted by atomic mass is 10.0. The lowest BCUT2D eigenvalue weighted by molar-refractivity contribution is -0.389. The number of aromatic nitrogens is 4. The second kappa shape index (κ2) is 8.80. The molecule has 0 bridgehead atoms. The average Bonchev–Trinajstić information content (AvgIpc) is 3.27. The molecule has 5 rings (SSSR count). The Hall–Kier alpha value is -3.32. The zero-order chi connectivity index (χ0) is 23.3. The molecule has 13 heteroatoms. The Labute approximate surface area is 200 Å². The number of hydrogen-bond donors (Lipinski definition) is 0. The first-order chi connectivity index (χ1) is 15.7. The van der Waals surface area contributed by atoms with Gasteiger partial charge in [0.05, 0.1) is 19.3 Å². The molecular weight excluding hydrogens is 470 g/mol. The first-order valence-electron chi connectivity index (χ1n) is 10.3. The average molecular weight is 493 g/mol. The van der Waals surface area contributed by atoms with E-state index in [-0.39, 0.29) is 36.7 Å². The van der Waals surface area contributed by atoms with Crippen molar-refractivity contribution >= 4 is 19.3 Å². The van der Waals surface area contributed by atoms with Crippen LogP contribution in [0.5, 0.6) is 11.9 Å². The molecule has 0 N–H and O–H groups in total. The molecule has 0 fully saturated rings. The smallest absolute Gasteiger partial charge is 0.415 e. The normalized spacial score (nSPS) is 19.1. The van der Waals surface area contributed by atoms with Gasteiger partial charge in [0.2, 0.25) is 5.88 Å². The van der Waals surface area contributed by atoms with Crippen LogP contribution in [-0.4, -0.2) is 55.1 Å². The van der Waals surface area contributed by atoms with E-state index in [9.17, 15) is 18.9 Å². The number of hydrogen-bond acceptors (Lipinski definition) is 8. The molecule has 2 aliphatic rings. The van der Waals surface area contributed by atoms with Crippen molar-refractivity contribution in [1.82, 2.24) is 24.4 Å². The summed E-state index contributed by atoms with van der Waals surface area (Å²) in [5, 5.41) is 10.9. The number of methoxy groups -OCH3 is 1. The van der Waals surface area contributed by atoms with E-state index in [4.69, 9.17) is 9.47 Å². The number of ether oxygens (including phenoxy) is 2. The van der Waals surface area contributed by atoms with E-state index in [1.54, 1.807) is 4.57 Å². The van der Waals surface area contributed by atoms with E-state index in [1.165, 1.54) is 25.4 Å². The first kappa shape index (κ1) is 23.8. The molecule has 0 aliphatic carbocycles. The maximum absolute atomic E-state index is 13.7. The summed E-state index contributed by atoms with van der Waals surface area (Å²) < 4.78 is 40.4. The van der Waals surface area contributed by atoms with E-state index in [0.717, 1.165) is 17.3 Å². The van der Waals surface area contributed by atoms with Crippen molar-refractivity contribution in [2.75, 3.05) is 20.2 Å². The topological polar surface area (TPSA) is 108 Å². The van der Waals surface area contributed by atoms with E-state index < -0.39 is 22.2 Å². The number of halogens is 2. The third-order valence-corrected chi connectivity index (χ3v) is 5.73. The summed E-state index contributed by atoms with van der Waals surface area (Å²) in [6.45, 7) is 4.08. The molecular formula is C21H22F2N6O4S. The van der Waals surface area contributed by atoms with Crippen LogP contribution >= 0.6 is 13.5 Å². The van der Waals surface area contributed by atoms with Crippen LogP contribution in [0, 0.1) is 21.7 Å². The predicted molar refractivity (Wildman–Crippen MR) is 121 cm³/mol. The maximum atomic E-state index is 13.7. The minimum Gasteiger partial charge on any atom is -0.481 e. The van der Waals surface area contributed by atoms with Gasteiger partial charge in [0, 0.05) is 48.2 Å². The zero-order valence-electron chi connectivity index (χ0n) is 18.4. The maximum Gasteiger partial charge on any atom is 0.415 e. The molecule has 0 radical (unpaired) electrons. The number of rotatable bonds is 5. The number of nitro groups is 1. The van der Waals surface area contributed by atoms with Crippen molar-refractivity contribution in [3.8, 4) is 23.3 Å². The largest absolute Gasteiger partial charge is 0.481 e. The van der Waals surface area contributed by atoms with Gasteiger partial charge in [0.15, 0.2) is 5.82 Å². The van der Waals surface area contributed by atoms with Gasteiger partial charge < -0.3 is 19.6 Å². The highest BCUT2D eigenvalue weighted by Gasteiger charge is 2.42. The molecule has 10 nitrogen and oxygen atoms in total. The number of imidazole rings is 1. The van der Waals surface area contributed by atoms with Crippen LogP contribution in [0.2, 0.25) is 0 Å². The number of fused-ring (bicyclic) bond motifs is 2. The summed E-state index contributed by atoms with van der Waals surface area (Å²) in [5.41, 5.74) is 1.20. The fourth-order valence-electron chi connectivity index (χ4n) is 4.39. The minimum absolute atomic E-state index is 0. The quantitative estimate of drug-likeness (QED) is 0.395. The molecule has 4 heterocycles. The summed E-state index contributed by atoms with van der Waals surface area (Å²) in [6.07, 6.45) is 1.96. The third-order valence-electron chi connectivity index (χ3n) is 5.73. The Morgan fingerprint density at radius 3 is 2.62 bits per heavy atom. The Morgan fingerprint density at radius 2 is 1.97 bits per heavy atom. The van der Waals surface area contributed by atoms with Gasteiger partial charge in [0.1, 0.15) is 23.4 Å². The molecule has 34 heavy (non-hydrogen) atoms. The van der Waals surface area contributed by atoms with Gasteiger partial charge in [-0.05, 0) is 24.0 Å². The van der Waals surface area contributed by atoms with Crippen molar-refractivity contribution in [2.24, 2.45) is 0 Å². The summed E-state index contributed by atoms with van der Waals surface area (Å²) in [5.74, 6) is -1.09. The predicted octanol–water partition coefficient (Wildman–Crippen LogP) is 2.86. The highest BCUT2D eigenvalue weighted by Crippen LogP contribution is 2.34. The van der Waals surface area contributed by atoms with Crippen molar-refractivity contribution < 1.29 is 23.2 Å². The molecule has 2 aromatic heterocycles. The molecule has 1 atom stereocenters. The standard InChI is InChI=1S/C21H20F2N6O4.H2S/c1-21(11-28-9-17(29(30)31)25-20(28)33-21)10-27-4-3-16-15(8-27)19(32-2)26-18(24-16)12-5-13(22)7-14(23)6-12;/h5-7,9H,3-4,8,10-11H2,1-2H3;1H2/t21-;/m0./s1. The van der Waals surface area contributed by atoms with Gasteiger partial charge in [0.25, 0.3) is 0 Å². The van der Waals surface area contributed by atoms with E-state index in [2.05, 4.69) is 19.9 Å². The lowest BCUT2D eigenvalue weighted by Gasteiger charge is -2.34. The van der Waals surface area contributed by atoms with Crippen molar-refractivity contribution in [2.45, 2.75) is 32.0 Å². The molecule has 1 aromatic carbocycles. The lowest BCUT2D eigenvalue weighted by Crippen LogP contribution is -2.46. The molecule has 3 aromatic rings. The molecule has 180 valence electrons. The molecule has 0 amide bonds. The second-order valence-electron chi connectivity index (χ2n) is 8.42. The van der Waals surface area contributed by atoms with Gasteiger partial charge in [-0.25, -0.2) is 13.8 Å². The SMILES string of the molecule is COc1nc(-c2cc(F)cc(F)c2)nc2c1CN(C[C@@]1(C)Cn3cc([N+](=O)[O-])nc3O1)CC2.S. The van der Waals surface area contributed by atoms with E-state index >= 15 is 0 Å². The fraction of sp³-hybridized carbons (Fsp3) is 0.381. The molecule has 0 saturated heterocycles. The molecule has 0 saturated carbocycles. The van der Waals surface area contributed by atoms with E-state index in [0.29, 0.717) is 38.5 Å².